The number of fused-ring (bicyclic) bond motifs is 5. The van der Waals surface area contributed by atoms with E-state index < -0.39 is 0 Å². The minimum absolute atomic E-state index is 0.222. The van der Waals surface area contributed by atoms with Crippen LogP contribution in [0.1, 0.15) is 105 Å². The summed E-state index contributed by atoms with van der Waals surface area (Å²) < 4.78 is 0. The van der Waals surface area contributed by atoms with Gasteiger partial charge in [-0.3, -0.25) is 4.79 Å². The van der Waals surface area contributed by atoms with Crippen LogP contribution in [0.2, 0.25) is 0 Å². The van der Waals surface area contributed by atoms with Gasteiger partial charge in [-0.25, -0.2) is 0 Å². The highest BCUT2D eigenvalue weighted by Crippen LogP contribution is 2.68. The van der Waals surface area contributed by atoms with Crippen LogP contribution in [0, 0.1) is 52.3 Å². The molecule has 29 heavy (non-hydrogen) atoms. The van der Waals surface area contributed by atoms with E-state index in [4.69, 9.17) is 11.6 Å². The summed E-state index contributed by atoms with van der Waals surface area (Å²) in [5.74, 6) is 6.19. The van der Waals surface area contributed by atoms with Gasteiger partial charge in [-0.2, -0.15) is 0 Å². The predicted octanol–water partition coefficient (Wildman–Crippen LogP) is 7.89. The maximum Gasteiger partial charge on any atom is 0.150 e. The number of alkyl halides is 1. The van der Waals surface area contributed by atoms with Crippen molar-refractivity contribution in [3.05, 3.63) is 0 Å². The summed E-state index contributed by atoms with van der Waals surface area (Å²) in [5, 5.41) is -0.222. The van der Waals surface area contributed by atoms with Gasteiger partial charge >= 0.3 is 0 Å². The molecular weight excluding hydrogens is 376 g/mol. The SMILES string of the molecule is CC(C)CCC[C@@H](C)[C@H]1CC[C@H]2[C@@H]3CC[C@H]4CC(=O)[C@H](Cl)C[C@]4(C)[C@H]3CC[C@]12C. The zero-order valence-electron chi connectivity index (χ0n) is 19.7. The molecule has 0 aromatic heterocycles. The molecule has 0 bridgehead atoms. The fourth-order valence-electron chi connectivity index (χ4n) is 9.08. The Bertz CT molecular complexity index is 614. The van der Waals surface area contributed by atoms with Crippen molar-refractivity contribution in [1.82, 2.24) is 0 Å². The number of rotatable bonds is 5. The first-order valence-corrected chi connectivity index (χ1v) is 13.3. The van der Waals surface area contributed by atoms with E-state index in [1.807, 2.05) is 0 Å². The number of Topliss-reactive ketones (excluding diaryl/α,β-unsaturated/α-hetero) is 1. The van der Waals surface area contributed by atoms with Crippen LogP contribution in [-0.2, 0) is 4.79 Å². The molecule has 4 saturated carbocycles. The highest BCUT2D eigenvalue weighted by atomic mass is 35.5. The van der Waals surface area contributed by atoms with Crippen molar-refractivity contribution in [2.75, 3.05) is 0 Å². The minimum Gasteiger partial charge on any atom is -0.298 e. The van der Waals surface area contributed by atoms with E-state index >= 15 is 0 Å². The molecule has 4 rings (SSSR count). The van der Waals surface area contributed by atoms with Crippen LogP contribution >= 0.6 is 11.6 Å². The molecule has 0 spiro atoms. The first-order valence-electron chi connectivity index (χ1n) is 12.8. The van der Waals surface area contributed by atoms with Gasteiger partial charge < -0.3 is 0 Å². The van der Waals surface area contributed by atoms with Gasteiger partial charge in [0.05, 0.1) is 5.38 Å². The smallest absolute Gasteiger partial charge is 0.150 e. The minimum atomic E-state index is -0.222. The third-order valence-corrected chi connectivity index (χ3v) is 11.1. The second-order valence-electron chi connectivity index (χ2n) is 12.5. The van der Waals surface area contributed by atoms with E-state index in [1.165, 1.54) is 57.8 Å². The topological polar surface area (TPSA) is 17.1 Å². The molecule has 0 aromatic rings. The molecular formula is C27H45ClO. The van der Waals surface area contributed by atoms with E-state index in [2.05, 4.69) is 34.6 Å². The van der Waals surface area contributed by atoms with Gasteiger partial charge in [-0.1, -0.05) is 53.9 Å². The molecule has 0 aromatic carbocycles. The molecule has 0 amide bonds. The van der Waals surface area contributed by atoms with Crippen LogP contribution in [0.25, 0.3) is 0 Å². The number of hydrogen-bond acceptors (Lipinski definition) is 1. The Kier molecular flexibility index (Phi) is 6.22. The highest BCUT2D eigenvalue weighted by molar-refractivity contribution is 6.31. The average Bonchev–Trinajstić information content (AvgIpc) is 3.00. The van der Waals surface area contributed by atoms with E-state index in [1.54, 1.807) is 0 Å². The fraction of sp³-hybridized carbons (Fsp3) is 0.963. The van der Waals surface area contributed by atoms with Crippen LogP contribution in [0.5, 0.6) is 0 Å². The number of hydrogen-bond donors (Lipinski definition) is 0. The van der Waals surface area contributed by atoms with Crippen LogP contribution in [-0.4, -0.2) is 11.2 Å². The van der Waals surface area contributed by atoms with Gasteiger partial charge in [0.15, 0.2) is 5.78 Å². The maximum absolute atomic E-state index is 12.3. The van der Waals surface area contributed by atoms with E-state index in [0.29, 0.717) is 22.5 Å². The van der Waals surface area contributed by atoms with Crippen molar-refractivity contribution < 1.29 is 4.79 Å². The van der Waals surface area contributed by atoms with Gasteiger partial charge in [0, 0.05) is 6.42 Å². The summed E-state index contributed by atoms with van der Waals surface area (Å²) in [6.45, 7) is 12.5. The zero-order valence-corrected chi connectivity index (χ0v) is 20.4. The maximum atomic E-state index is 12.3. The lowest BCUT2D eigenvalue weighted by molar-refractivity contribution is -0.139. The van der Waals surface area contributed by atoms with E-state index in [0.717, 1.165) is 48.3 Å². The predicted molar refractivity (Wildman–Crippen MR) is 123 cm³/mol. The lowest BCUT2D eigenvalue weighted by Crippen LogP contribution is -2.55. The van der Waals surface area contributed by atoms with Gasteiger partial charge in [-0.05, 0) is 97.2 Å². The van der Waals surface area contributed by atoms with Gasteiger partial charge in [0.25, 0.3) is 0 Å². The summed E-state index contributed by atoms with van der Waals surface area (Å²) in [5.41, 5.74) is 0.873. The van der Waals surface area contributed by atoms with Gasteiger partial charge in [0.1, 0.15) is 0 Å². The first-order chi connectivity index (χ1) is 13.7. The molecule has 0 heterocycles. The molecule has 166 valence electrons. The zero-order chi connectivity index (χ0) is 21.0. The number of halogens is 1. The summed E-state index contributed by atoms with van der Waals surface area (Å²) in [4.78, 5) is 12.3. The fourth-order valence-corrected chi connectivity index (χ4v) is 9.51. The van der Waals surface area contributed by atoms with E-state index in [-0.39, 0.29) is 5.38 Å². The summed E-state index contributed by atoms with van der Waals surface area (Å²) >= 11 is 6.53. The molecule has 4 fully saturated rings. The van der Waals surface area contributed by atoms with Crippen molar-refractivity contribution in [2.45, 2.75) is 111 Å². The summed E-state index contributed by atoms with van der Waals surface area (Å²) in [7, 11) is 0. The van der Waals surface area contributed by atoms with Crippen molar-refractivity contribution in [1.29, 1.82) is 0 Å². The Morgan fingerprint density at radius 1 is 0.966 bits per heavy atom. The first kappa shape index (κ1) is 22.2. The van der Waals surface area contributed by atoms with Crippen molar-refractivity contribution in [3.63, 3.8) is 0 Å². The monoisotopic (exact) mass is 420 g/mol. The standard InChI is InChI=1S/C27H45ClO/c1-17(2)7-6-8-18(3)21-11-12-22-20-10-9-19-15-25(29)24(28)16-27(19,5)23(20)13-14-26(21,22)4/h17-24H,6-16H2,1-5H3/t18-,19+,20+,21-,22+,23+,24-,26-,27+/m1/s1. The lowest BCUT2D eigenvalue weighted by atomic mass is 9.44. The molecule has 9 atom stereocenters. The molecule has 4 aliphatic carbocycles. The lowest BCUT2D eigenvalue weighted by Gasteiger charge is -2.61. The Hall–Kier alpha value is -0.0400. The molecule has 2 heteroatoms. The quantitative estimate of drug-likeness (QED) is 0.413. The van der Waals surface area contributed by atoms with Crippen LogP contribution in [0.4, 0.5) is 0 Å². The molecule has 0 radical (unpaired) electrons. The summed E-state index contributed by atoms with van der Waals surface area (Å²) in [6.07, 6.45) is 14.3. The van der Waals surface area contributed by atoms with E-state index in [9.17, 15) is 4.79 Å². The molecule has 1 nitrogen and oxygen atoms in total. The van der Waals surface area contributed by atoms with Crippen molar-refractivity contribution in [3.8, 4) is 0 Å². The number of ketones is 1. The molecule has 0 N–H and O–H groups in total. The summed E-state index contributed by atoms with van der Waals surface area (Å²) in [6, 6.07) is 0. The Labute approximate surface area is 185 Å². The second kappa shape index (κ2) is 8.14. The van der Waals surface area contributed by atoms with Crippen LogP contribution in [0.3, 0.4) is 0 Å². The van der Waals surface area contributed by atoms with Crippen LogP contribution < -0.4 is 0 Å². The number of carbonyl (C=O) groups excluding carboxylic acids is 1. The van der Waals surface area contributed by atoms with Gasteiger partial charge in [-0.15, -0.1) is 11.6 Å². The molecule has 4 aliphatic rings. The third kappa shape index (κ3) is 3.74. The molecule has 0 aliphatic heterocycles. The largest absolute Gasteiger partial charge is 0.298 e. The Morgan fingerprint density at radius 2 is 1.69 bits per heavy atom. The Balaban J connectivity index is 1.48. The normalized spacial score (nSPS) is 48.2. The Morgan fingerprint density at radius 3 is 2.41 bits per heavy atom. The second-order valence-corrected chi connectivity index (χ2v) is 13.1. The van der Waals surface area contributed by atoms with Crippen LogP contribution in [0.15, 0.2) is 0 Å². The number of carbonyl (C=O) groups is 1. The van der Waals surface area contributed by atoms with Crippen molar-refractivity contribution in [2.24, 2.45) is 52.3 Å². The van der Waals surface area contributed by atoms with Crippen molar-refractivity contribution >= 4 is 17.4 Å². The third-order valence-electron chi connectivity index (χ3n) is 10.7. The highest BCUT2D eigenvalue weighted by Gasteiger charge is 2.61. The molecule has 0 unspecified atom stereocenters. The van der Waals surface area contributed by atoms with Gasteiger partial charge in [0.2, 0.25) is 0 Å². The average molecular weight is 421 g/mol. The molecule has 0 saturated heterocycles.